The van der Waals surface area contributed by atoms with Crippen molar-refractivity contribution in [2.75, 3.05) is 19.3 Å². The summed E-state index contributed by atoms with van der Waals surface area (Å²) in [6, 6.07) is 6.73. The van der Waals surface area contributed by atoms with Crippen molar-refractivity contribution in [3.63, 3.8) is 0 Å². The van der Waals surface area contributed by atoms with Crippen LogP contribution in [0.1, 0.15) is 6.42 Å². The van der Waals surface area contributed by atoms with Crippen LogP contribution in [0.2, 0.25) is 0 Å². The first-order chi connectivity index (χ1) is 12.5. The molecule has 1 aromatic heterocycles. The Kier molecular flexibility index (Phi) is 4.62. The van der Waals surface area contributed by atoms with E-state index >= 15 is 0 Å². The number of amides is 3. The average Bonchev–Trinajstić information content (AvgIpc) is 3.17. The predicted molar refractivity (Wildman–Crippen MR) is 101 cm³/mol. The molecule has 0 bridgehead atoms. The Morgan fingerprint density at radius 1 is 1.35 bits per heavy atom. The number of nitrogens with one attached hydrogen (secondary N) is 1. The molecule has 2 aliphatic rings. The molecule has 2 atom stereocenters. The van der Waals surface area contributed by atoms with E-state index in [2.05, 4.69) is 31.2 Å². The average molecular weight is 438 g/mol. The molecular weight excluding hydrogens is 422 g/mol. The Morgan fingerprint density at radius 3 is 2.96 bits per heavy atom. The number of carbonyl (C=O) groups is 2. The van der Waals surface area contributed by atoms with Gasteiger partial charge in [0, 0.05) is 19.3 Å². The molecule has 1 fully saturated rings. The zero-order valence-electron chi connectivity index (χ0n) is 13.9. The highest BCUT2D eigenvalue weighted by atomic mass is 79.9. The smallest absolute Gasteiger partial charge is 0.325 e. The van der Waals surface area contributed by atoms with E-state index in [-0.39, 0.29) is 5.91 Å². The Morgan fingerprint density at radius 2 is 2.15 bits per heavy atom. The van der Waals surface area contributed by atoms with E-state index in [0.717, 1.165) is 23.3 Å². The second-order valence-corrected chi connectivity index (χ2v) is 7.76. The molecule has 4 rings (SSSR count). The number of likely N-dealkylation sites (N-methyl/N-ethyl adjacent to an activating group) is 1. The number of rotatable bonds is 5. The minimum atomic E-state index is -0.499. The van der Waals surface area contributed by atoms with Gasteiger partial charge in [-0.15, -0.1) is 0 Å². The van der Waals surface area contributed by atoms with Gasteiger partial charge < -0.3 is 14.2 Å². The molecule has 2 unspecified atom stereocenters. The highest BCUT2D eigenvalue weighted by Gasteiger charge is 2.47. The van der Waals surface area contributed by atoms with Gasteiger partial charge in [0.05, 0.1) is 0 Å². The molecule has 1 aromatic carbocycles. The van der Waals surface area contributed by atoms with Gasteiger partial charge >= 0.3 is 6.03 Å². The second kappa shape index (κ2) is 6.92. The Bertz CT molecular complexity index is 868. The van der Waals surface area contributed by atoms with Gasteiger partial charge in [-0.2, -0.15) is 0 Å². The van der Waals surface area contributed by atoms with Crippen molar-refractivity contribution in [3.8, 4) is 0 Å². The number of carbonyl (C=O) groups excluding carboxylic acids is 2. The second-order valence-electron chi connectivity index (χ2n) is 6.00. The predicted octanol–water partition coefficient (Wildman–Crippen LogP) is 2.25. The third-order valence-corrected chi connectivity index (χ3v) is 5.93. The molecule has 3 amide bonds. The van der Waals surface area contributed by atoms with Crippen molar-refractivity contribution in [1.82, 2.24) is 20.1 Å². The molecule has 2 aliphatic heterocycles. The number of aromatic nitrogens is 1. The minimum absolute atomic E-state index is 0.317. The number of imide groups is 1. The van der Waals surface area contributed by atoms with E-state index in [9.17, 15) is 9.59 Å². The zero-order chi connectivity index (χ0) is 18.3. The first-order valence-corrected chi connectivity index (χ1v) is 9.88. The van der Waals surface area contributed by atoms with Gasteiger partial charge in [-0.05, 0) is 34.5 Å². The van der Waals surface area contributed by atoms with Crippen molar-refractivity contribution in [1.29, 1.82) is 0 Å². The quantitative estimate of drug-likeness (QED) is 0.438. The molecule has 10 heteroatoms. The number of aliphatic imine (C=N–C) groups is 1. The van der Waals surface area contributed by atoms with Gasteiger partial charge in [-0.25, -0.2) is 14.8 Å². The number of benzene rings is 1. The number of oxazole rings is 1. The van der Waals surface area contributed by atoms with E-state index in [4.69, 9.17) is 4.42 Å². The molecule has 136 valence electrons. The monoisotopic (exact) mass is 437 g/mol. The van der Waals surface area contributed by atoms with Crippen molar-refractivity contribution in [2.45, 2.75) is 23.9 Å². The summed E-state index contributed by atoms with van der Waals surface area (Å²) in [5, 5.41) is 3.00. The molecule has 3 heterocycles. The maximum Gasteiger partial charge on any atom is 0.325 e. The Hall–Kier alpha value is -2.07. The number of para-hydroxylation sites is 2. The number of hydrogen-bond acceptors (Lipinski definition) is 7. The number of thioether (sulfide) groups is 1. The number of amidine groups is 1. The van der Waals surface area contributed by atoms with Crippen LogP contribution in [0.4, 0.5) is 4.79 Å². The summed E-state index contributed by atoms with van der Waals surface area (Å²) < 4.78 is 6.28. The molecule has 0 radical (unpaired) electrons. The summed E-state index contributed by atoms with van der Waals surface area (Å²) >= 11 is 4.95. The van der Waals surface area contributed by atoms with Gasteiger partial charge in [0.2, 0.25) is 0 Å². The normalized spacial score (nSPS) is 22.6. The molecule has 0 saturated carbocycles. The van der Waals surface area contributed by atoms with Crippen LogP contribution in [0.5, 0.6) is 0 Å². The number of fused-ring (bicyclic) bond motifs is 2. The summed E-state index contributed by atoms with van der Waals surface area (Å²) in [5.41, 5.74) is 1.62. The maximum absolute atomic E-state index is 12.2. The number of hydrogen-bond donors (Lipinski definition) is 1. The van der Waals surface area contributed by atoms with Crippen LogP contribution in [0.3, 0.4) is 0 Å². The van der Waals surface area contributed by atoms with Crippen molar-refractivity contribution in [2.24, 2.45) is 4.99 Å². The fourth-order valence-corrected chi connectivity index (χ4v) is 4.40. The Balaban J connectivity index is 1.35. The minimum Gasteiger partial charge on any atom is -0.431 e. The van der Waals surface area contributed by atoms with E-state index < -0.39 is 18.2 Å². The van der Waals surface area contributed by atoms with Gasteiger partial charge in [0.15, 0.2) is 22.5 Å². The summed E-state index contributed by atoms with van der Waals surface area (Å²) in [4.78, 5) is 36.1. The van der Waals surface area contributed by atoms with Crippen molar-refractivity contribution < 1.29 is 14.0 Å². The van der Waals surface area contributed by atoms with Gasteiger partial charge in [-0.3, -0.25) is 10.1 Å². The zero-order valence-corrected chi connectivity index (χ0v) is 16.3. The molecule has 1 N–H and O–H groups in total. The lowest BCUT2D eigenvalue weighted by molar-refractivity contribution is -0.127. The van der Waals surface area contributed by atoms with Crippen LogP contribution in [0.15, 0.2) is 38.9 Å². The lowest BCUT2D eigenvalue weighted by Gasteiger charge is -2.35. The van der Waals surface area contributed by atoms with Crippen LogP contribution >= 0.6 is 27.7 Å². The van der Waals surface area contributed by atoms with Gasteiger partial charge in [0.25, 0.3) is 11.1 Å². The summed E-state index contributed by atoms with van der Waals surface area (Å²) in [6.07, 6.45) is 0.317. The summed E-state index contributed by atoms with van der Waals surface area (Å²) in [6.45, 7) is 0.633. The van der Waals surface area contributed by atoms with Gasteiger partial charge in [-0.1, -0.05) is 23.9 Å². The molecule has 26 heavy (non-hydrogen) atoms. The van der Waals surface area contributed by atoms with Crippen LogP contribution in [-0.4, -0.2) is 63.0 Å². The van der Waals surface area contributed by atoms with E-state index in [1.54, 1.807) is 7.05 Å². The largest absolute Gasteiger partial charge is 0.431 e. The molecule has 0 spiro atoms. The van der Waals surface area contributed by atoms with Crippen molar-refractivity contribution in [3.05, 3.63) is 24.3 Å². The van der Waals surface area contributed by atoms with E-state index in [1.807, 2.05) is 29.2 Å². The topological polar surface area (TPSA) is 91.0 Å². The first-order valence-electron chi connectivity index (χ1n) is 8.10. The fraction of sp³-hybridized carbons (Fsp3) is 0.375. The van der Waals surface area contributed by atoms with E-state index in [0.29, 0.717) is 16.5 Å². The third-order valence-electron chi connectivity index (χ3n) is 4.35. The number of nitrogens with zero attached hydrogens (tertiary/aromatic N) is 4. The van der Waals surface area contributed by atoms with Gasteiger partial charge in [0.1, 0.15) is 5.52 Å². The summed E-state index contributed by atoms with van der Waals surface area (Å²) in [5.74, 6) is 0.472. The molecule has 2 aromatic rings. The lowest BCUT2D eigenvalue weighted by atomic mass is 10.1. The summed E-state index contributed by atoms with van der Waals surface area (Å²) in [7, 11) is 1.63. The third kappa shape index (κ3) is 3.07. The standard InChI is InChI=1S/C16H16BrN5O3S/c1-21-12-11(13(23)20-15(21)24)22(14(17)19-12)7-4-8-26-16-18-9-5-2-3-6-10(9)25-16/h2-3,5-6,11-12H,4,7-8H2,1H3,(H,20,23,24). The highest BCUT2D eigenvalue weighted by molar-refractivity contribution is 9.18. The van der Waals surface area contributed by atoms with Crippen LogP contribution in [0.25, 0.3) is 11.1 Å². The van der Waals surface area contributed by atoms with Crippen molar-refractivity contribution >= 4 is 55.5 Å². The van der Waals surface area contributed by atoms with Crippen LogP contribution in [0, 0.1) is 0 Å². The maximum atomic E-state index is 12.2. The lowest BCUT2D eigenvalue weighted by Crippen LogP contribution is -2.63. The molecule has 0 aliphatic carbocycles. The van der Waals surface area contributed by atoms with Crippen LogP contribution in [-0.2, 0) is 4.79 Å². The number of urea groups is 1. The number of halogens is 1. The van der Waals surface area contributed by atoms with E-state index in [1.165, 1.54) is 16.7 Å². The molecule has 1 saturated heterocycles. The SMILES string of the molecule is CN1C(=O)NC(=O)C2C1N=C(Br)N2CCCSc1nc2ccccc2o1. The highest BCUT2D eigenvalue weighted by Crippen LogP contribution is 2.27. The van der Waals surface area contributed by atoms with Crippen LogP contribution < -0.4 is 5.32 Å². The molecular formula is C16H16BrN5O3S. The molecule has 8 nitrogen and oxygen atoms in total. The first kappa shape index (κ1) is 17.3. The Labute approximate surface area is 162 Å². The fourth-order valence-electron chi connectivity index (χ4n) is 3.03.